The van der Waals surface area contributed by atoms with E-state index < -0.39 is 0 Å². The molecule has 0 bridgehead atoms. The molecule has 1 saturated heterocycles. The Balaban J connectivity index is 1.83. The molecule has 0 aliphatic carbocycles. The predicted molar refractivity (Wildman–Crippen MR) is 90.9 cm³/mol. The maximum absolute atomic E-state index is 12.3. The van der Waals surface area contributed by atoms with Crippen LogP contribution in [0.15, 0.2) is 29.2 Å². The lowest BCUT2D eigenvalue weighted by Crippen LogP contribution is -2.47. The zero-order chi connectivity index (χ0) is 16.1. The molecule has 122 valence electrons. The molecule has 1 aromatic rings. The Bertz CT molecular complexity index is 492. The molecule has 2 atom stereocenters. The maximum atomic E-state index is 12.3. The highest BCUT2D eigenvalue weighted by Crippen LogP contribution is 2.18. The lowest BCUT2D eigenvalue weighted by atomic mass is 9.96. The minimum atomic E-state index is -0.314. The van der Waals surface area contributed by atoms with E-state index in [-0.39, 0.29) is 12.0 Å². The summed E-state index contributed by atoms with van der Waals surface area (Å²) in [7, 11) is 1.84. The number of hydrogen-bond donors (Lipinski definition) is 1. The summed E-state index contributed by atoms with van der Waals surface area (Å²) in [6.07, 6.45) is 2.69. The molecule has 0 aromatic heterocycles. The highest BCUT2D eigenvalue weighted by molar-refractivity contribution is 7.98. The van der Waals surface area contributed by atoms with Crippen molar-refractivity contribution in [2.75, 3.05) is 32.9 Å². The van der Waals surface area contributed by atoms with E-state index in [1.807, 2.05) is 7.05 Å². The molecule has 1 aliphatic rings. The summed E-state index contributed by atoms with van der Waals surface area (Å²) in [5.41, 5.74) is 1.14. The quantitative estimate of drug-likeness (QED) is 0.843. The van der Waals surface area contributed by atoms with E-state index in [9.17, 15) is 9.90 Å². The molecule has 2 rings (SSSR count). The van der Waals surface area contributed by atoms with Gasteiger partial charge in [0, 0.05) is 25.0 Å². The summed E-state index contributed by atoms with van der Waals surface area (Å²) < 4.78 is 0. The number of piperidine rings is 1. The van der Waals surface area contributed by atoms with Crippen LogP contribution in [0.5, 0.6) is 0 Å². The number of benzene rings is 1. The van der Waals surface area contributed by atoms with E-state index in [2.05, 4.69) is 42.3 Å². The van der Waals surface area contributed by atoms with E-state index in [0.717, 1.165) is 18.5 Å². The number of aliphatic hydroxyl groups is 1. The van der Waals surface area contributed by atoms with Crippen LogP contribution in [-0.4, -0.2) is 59.9 Å². The highest BCUT2D eigenvalue weighted by Gasteiger charge is 2.26. The molecule has 0 saturated carbocycles. The number of amides is 1. The van der Waals surface area contributed by atoms with Gasteiger partial charge in [0.1, 0.15) is 0 Å². The summed E-state index contributed by atoms with van der Waals surface area (Å²) in [6, 6.07) is 8.31. The van der Waals surface area contributed by atoms with Crippen LogP contribution < -0.4 is 0 Å². The van der Waals surface area contributed by atoms with Crippen molar-refractivity contribution in [1.29, 1.82) is 0 Å². The average molecular weight is 322 g/mol. The molecule has 0 radical (unpaired) electrons. The second-order valence-electron chi connectivity index (χ2n) is 6.17. The number of likely N-dealkylation sites (tertiary alicyclic amines) is 1. The van der Waals surface area contributed by atoms with Gasteiger partial charge in [0.25, 0.3) is 0 Å². The molecule has 2 unspecified atom stereocenters. The fourth-order valence-electron chi connectivity index (χ4n) is 2.66. The number of β-amino-alcohol motifs (C(OH)–C–C–N with tert-alkyl or cyclic N) is 1. The number of aliphatic hydroxyl groups excluding tert-OH is 1. The van der Waals surface area contributed by atoms with Crippen molar-refractivity contribution in [3.8, 4) is 0 Å². The second-order valence-corrected chi connectivity index (χ2v) is 7.05. The number of carbonyl (C=O) groups is 1. The van der Waals surface area contributed by atoms with Gasteiger partial charge in [0.05, 0.1) is 12.6 Å². The van der Waals surface area contributed by atoms with E-state index in [1.54, 1.807) is 16.7 Å². The minimum absolute atomic E-state index is 0.107. The summed E-state index contributed by atoms with van der Waals surface area (Å²) in [5.74, 6) is 0.440. The van der Waals surface area contributed by atoms with E-state index in [0.29, 0.717) is 25.6 Å². The van der Waals surface area contributed by atoms with E-state index in [4.69, 9.17) is 0 Å². The van der Waals surface area contributed by atoms with Crippen LogP contribution in [0.25, 0.3) is 0 Å². The molecule has 22 heavy (non-hydrogen) atoms. The van der Waals surface area contributed by atoms with E-state index in [1.165, 1.54) is 4.90 Å². The van der Waals surface area contributed by atoms with Crippen molar-refractivity contribution in [3.63, 3.8) is 0 Å². The van der Waals surface area contributed by atoms with Gasteiger partial charge >= 0.3 is 0 Å². The van der Waals surface area contributed by atoms with Crippen LogP contribution in [0.1, 0.15) is 18.9 Å². The van der Waals surface area contributed by atoms with Crippen LogP contribution in [-0.2, 0) is 11.3 Å². The molecule has 0 spiro atoms. The Kier molecular flexibility index (Phi) is 6.29. The highest BCUT2D eigenvalue weighted by atomic mass is 32.2. The standard InChI is InChI=1S/C17H26N2O2S/c1-13-8-9-19(11-16(13)20)12-17(21)18(2)10-14-4-6-15(22-3)7-5-14/h4-7,13,16,20H,8-12H2,1-3H3. The first kappa shape index (κ1) is 17.3. The second kappa shape index (κ2) is 7.99. The van der Waals surface area contributed by atoms with Gasteiger partial charge in [-0.05, 0) is 42.8 Å². The summed E-state index contributed by atoms with van der Waals surface area (Å²) in [6.45, 7) is 4.57. The Labute approximate surface area is 137 Å². The smallest absolute Gasteiger partial charge is 0.236 e. The van der Waals surface area contributed by atoms with Gasteiger partial charge in [-0.1, -0.05) is 19.1 Å². The molecule has 1 aromatic carbocycles. The van der Waals surface area contributed by atoms with Crippen LogP contribution in [0.2, 0.25) is 0 Å². The third-order valence-corrected chi connectivity index (χ3v) is 5.11. The molecule has 1 N–H and O–H groups in total. The Hall–Kier alpha value is -1.04. The topological polar surface area (TPSA) is 43.8 Å². The Morgan fingerprint density at radius 3 is 2.68 bits per heavy atom. The van der Waals surface area contributed by atoms with Gasteiger partial charge in [-0.3, -0.25) is 9.69 Å². The largest absolute Gasteiger partial charge is 0.392 e. The maximum Gasteiger partial charge on any atom is 0.236 e. The van der Waals surface area contributed by atoms with E-state index >= 15 is 0 Å². The monoisotopic (exact) mass is 322 g/mol. The molecular formula is C17H26N2O2S. The SMILES string of the molecule is CSc1ccc(CN(C)C(=O)CN2CCC(C)C(O)C2)cc1. The van der Waals surface area contributed by atoms with Gasteiger partial charge < -0.3 is 10.0 Å². The number of likely N-dealkylation sites (N-methyl/N-ethyl adjacent to an activating group) is 1. The molecule has 1 heterocycles. The molecule has 1 fully saturated rings. The molecular weight excluding hydrogens is 296 g/mol. The van der Waals surface area contributed by atoms with Gasteiger partial charge in [-0.2, -0.15) is 0 Å². The summed E-state index contributed by atoms with van der Waals surface area (Å²) in [5, 5.41) is 9.92. The van der Waals surface area contributed by atoms with Crippen LogP contribution in [0, 0.1) is 5.92 Å². The van der Waals surface area contributed by atoms with Crippen molar-refractivity contribution >= 4 is 17.7 Å². The summed E-state index contributed by atoms with van der Waals surface area (Å²) in [4.78, 5) is 17.4. The normalized spacial score (nSPS) is 22.5. The van der Waals surface area contributed by atoms with Crippen molar-refractivity contribution in [2.45, 2.75) is 30.9 Å². The molecule has 1 aliphatic heterocycles. The fourth-order valence-corrected chi connectivity index (χ4v) is 3.07. The zero-order valence-corrected chi connectivity index (χ0v) is 14.5. The first-order valence-electron chi connectivity index (χ1n) is 7.77. The minimum Gasteiger partial charge on any atom is -0.392 e. The molecule has 1 amide bonds. The summed E-state index contributed by atoms with van der Waals surface area (Å²) >= 11 is 1.72. The Morgan fingerprint density at radius 2 is 2.09 bits per heavy atom. The van der Waals surface area contributed by atoms with Crippen molar-refractivity contribution < 1.29 is 9.90 Å². The fraction of sp³-hybridized carbons (Fsp3) is 0.588. The molecule has 4 nitrogen and oxygen atoms in total. The number of carbonyl (C=O) groups excluding carboxylic acids is 1. The lowest BCUT2D eigenvalue weighted by Gasteiger charge is -2.34. The average Bonchev–Trinajstić information content (AvgIpc) is 2.51. The third kappa shape index (κ3) is 4.73. The predicted octanol–water partition coefficient (Wildman–Crippen LogP) is 2.07. The zero-order valence-electron chi connectivity index (χ0n) is 13.7. The third-order valence-electron chi connectivity index (χ3n) is 4.37. The van der Waals surface area contributed by atoms with Crippen LogP contribution >= 0.6 is 11.8 Å². The number of rotatable bonds is 5. The van der Waals surface area contributed by atoms with Gasteiger partial charge in [0.2, 0.25) is 5.91 Å². The lowest BCUT2D eigenvalue weighted by molar-refractivity contribution is -0.132. The molecule has 5 heteroatoms. The Morgan fingerprint density at radius 1 is 1.41 bits per heavy atom. The van der Waals surface area contributed by atoms with Crippen molar-refractivity contribution in [1.82, 2.24) is 9.80 Å². The number of hydrogen-bond acceptors (Lipinski definition) is 4. The first-order valence-corrected chi connectivity index (χ1v) is 8.99. The number of nitrogens with zero attached hydrogens (tertiary/aromatic N) is 2. The number of thioether (sulfide) groups is 1. The van der Waals surface area contributed by atoms with Crippen LogP contribution in [0.3, 0.4) is 0 Å². The van der Waals surface area contributed by atoms with Crippen molar-refractivity contribution in [3.05, 3.63) is 29.8 Å². The van der Waals surface area contributed by atoms with Crippen molar-refractivity contribution in [2.24, 2.45) is 5.92 Å². The van der Waals surface area contributed by atoms with Gasteiger partial charge in [-0.25, -0.2) is 0 Å². The van der Waals surface area contributed by atoms with Gasteiger partial charge in [0.15, 0.2) is 0 Å². The van der Waals surface area contributed by atoms with Gasteiger partial charge in [-0.15, -0.1) is 11.8 Å². The first-order chi connectivity index (χ1) is 10.5. The van der Waals surface area contributed by atoms with Crippen LogP contribution in [0.4, 0.5) is 0 Å².